The number of aromatic amines is 2. The van der Waals surface area contributed by atoms with Crippen molar-refractivity contribution >= 4 is 23.2 Å². The molecule has 0 saturated carbocycles. The van der Waals surface area contributed by atoms with Gasteiger partial charge in [0.25, 0.3) is 5.91 Å². The van der Waals surface area contributed by atoms with Crippen molar-refractivity contribution < 1.29 is 9.21 Å². The summed E-state index contributed by atoms with van der Waals surface area (Å²) in [6.07, 6.45) is 4.09. The molecule has 1 unspecified atom stereocenters. The third-order valence-electron chi connectivity index (χ3n) is 4.86. The number of furan rings is 1. The van der Waals surface area contributed by atoms with Crippen molar-refractivity contribution in [3.63, 3.8) is 0 Å². The highest BCUT2D eigenvalue weighted by atomic mass is 16.3. The first kappa shape index (κ1) is 17.9. The zero-order valence-corrected chi connectivity index (χ0v) is 15.9. The van der Waals surface area contributed by atoms with Gasteiger partial charge in [-0.25, -0.2) is 20.3 Å². The highest BCUT2D eigenvalue weighted by molar-refractivity contribution is 6.14. The number of nitrogens with zero attached hydrogens (tertiary/aromatic N) is 6. The van der Waals surface area contributed by atoms with Crippen molar-refractivity contribution in [1.82, 2.24) is 34.7 Å². The Morgan fingerprint density at radius 2 is 2.30 bits per heavy atom. The maximum absolute atomic E-state index is 12.5. The van der Waals surface area contributed by atoms with Gasteiger partial charge in [-0.15, -0.1) is 0 Å². The van der Waals surface area contributed by atoms with Crippen LogP contribution in [-0.2, 0) is 6.54 Å². The summed E-state index contributed by atoms with van der Waals surface area (Å²) in [5, 5.41) is 13.2. The number of anilines is 1. The van der Waals surface area contributed by atoms with Crippen LogP contribution in [0.4, 0.5) is 5.82 Å². The van der Waals surface area contributed by atoms with Crippen LogP contribution in [0.3, 0.4) is 0 Å². The minimum absolute atomic E-state index is 0.207. The highest BCUT2D eigenvalue weighted by Crippen LogP contribution is 2.28. The van der Waals surface area contributed by atoms with E-state index in [9.17, 15) is 9.59 Å². The van der Waals surface area contributed by atoms with E-state index in [1.165, 1.54) is 26.5 Å². The van der Waals surface area contributed by atoms with E-state index in [0.717, 1.165) is 0 Å². The van der Waals surface area contributed by atoms with Gasteiger partial charge in [-0.05, 0) is 19.1 Å². The molecule has 0 radical (unpaired) electrons. The molecule has 13 nitrogen and oxygen atoms in total. The van der Waals surface area contributed by atoms with Gasteiger partial charge in [0.05, 0.1) is 18.0 Å². The number of H-pyrrole nitrogens is 2. The second kappa shape index (κ2) is 6.73. The number of hydrazine groups is 1. The summed E-state index contributed by atoms with van der Waals surface area (Å²) in [4.78, 5) is 33.7. The smallest absolute Gasteiger partial charge is 0.343 e. The van der Waals surface area contributed by atoms with Crippen LogP contribution in [0.15, 0.2) is 45.0 Å². The fourth-order valence-corrected chi connectivity index (χ4v) is 3.36. The number of imidazole rings is 1. The van der Waals surface area contributed by atoms with E-state index in [2.05, 4.69) is 30.6 Å². The van der Waals surface area contributed by atoms with Gasteiger partial charge in [-0.3, -0.25) is 24.5 Å². The lowest BCUT2D eigenvalue weighted by Crippen LogP contribution is -2.43. The summed E-state index contributed by atoms with van der Waals surface area (Å²) < 4.78 is 8.46. The van der Waals surface area contributed by atoms with E-state index in [-0.39, 0.29) is 30.9 Å². The number of carbonyl (C=O) groups is 1. The molecule has 0 spiro atoms. The molecule has 30 heavy (non-hydrogen) atoms. The normalized spacial score (nSPS) is 16.0. The fraction of sp³-hybridized carbons (Fsp3) is 0.235. The van der Waals surface area contributed by atoms with Gasteiger partial charge in [-0.1, -0.05) is 0 Å². The Kier molecular flexibility index (Phi) is 4.03. The summed E-state index contributed by atoms with van der Waals surface area (Å²) in [5.41, 5.74) is 1.10. The van der Waals surface area contributed by atoms with Crippen molar-refractivity contribution in [2.75, 3.05) is 11.6 Å². The lowest BCUT2D eigenvalue weighted by molar-refractivity contribution is 0.0952. The first-order valence-corrected chi connectivity index (χ1v) is 9.19. The summed E-state index contributed by atoms with van der Waals surface area (Å²) in [7, 11) is 0. The topological polar surface area (TPSA) is 168 Å². The van der Waals surface area contributed by atoms with Crippen LogP contribution in [0.2, 0.25) is 0 Å². The van der Waals surface area contributed by atoms with Crippen LogP contribution in [-0.4, -0.2) is 53.7 Å². The second-order valence-corrected chi connectivity index (χ2v) is 6.73. The van der Waals surface area contributed by atoms with Gasteiger partial charge in [0.2, 0.25) is 5.78 Å². The molecule has 5 rings (SSSR count). The third kappa shape index (κ3) is 2.71. The molecule has 0 fully saturated rings. The maximum Gasteiger partial charge on any atom is 0.343 e. The van der Waals surface area contributed by atoms with Gasteiger partial charge in [0.15, 0.2) is 11.6 Å². The first-order chi connectivity index (χ1) is 14.5. The molecule has 0 aliphatic carbocycles. The molecule has 1 aliphatic rings. The number of hydrogen-bond acceptors (Lipinski definition) is 8. The van der Waals surface area contributed by atoms with Crippen LogP contribution < -0.4 is 21.9 Å². The molecule has 4 aromatic heterocycles. The molecule has 4 aromatic rings. The molecule has 13 heteroatoms. The van der Waals surface area contributed by atoms with Crippen LogP contribution in [0.1, 0.15) is 28.7 Å². The Hall–Kier alpha value is -4.13. The number of hydrogen-bond donors (Lipinski definition) is 4. The number of fused-ring (bicyclic) bond motifs is 3. The summed E-state index contributed by atoms with van der Waals surface area (Å²) in [6.45, 7) is 2.26. The number of aliphatic imine (C=N–C) groups is 1. The fourth-order valence-electron chi connectivity index (χ4n) is 3.36. The van der Waals surface area contributed by atoms with Crippen LogP contribution in [0.5, 0.6) is 0 Å². The van der Waals surface area contributed by atoms with E-state index in [0.29, 0.717) is 34.3 Å². The first-order valence-electron chi connectivity index (χ1n) is 9.19. The number of aromatic nitrogens is 6. The number of rotatable bonds is 5. The maximum atomic E-state index is 12.5. The zero-order valence-electron chi connectivity index (χ0n) is 15.9. The number of nitrogens with one attached hydrogen (secondary N) is 3. The van der Waals surface area contributed by atoms with Crippen LogP contribution >= 0.6 is 0 Å². The predicted octanol–water partition coefficient (Wildman–Crippen LogP) is -0.553. The molecule has 1 aliphatic heterocycles. The number of nitrogens with two attached hydrogens (primary N) is 1. The van der Waals surface area contributed by atoms with Crippen molar-refractivity contribution in [1.29, 1.82) is 0 Å². The van der Waals surface area contributed by atoms with Gasteiger partial charge in [0.1, 0.15) is 17.6 Å². The molecule has 0 bridgehead atoms. The Labute approximate surface area is 168 Å². The van der Waals surface area contributed by atoms with Crippen molar-refractivity contribution in [2.45, 2.75) is 19.6 Å². The summed E-state index contributed by atoms with van der Waals surface area (Å²) in [5.74, 6) is 7.23. The van der Waals surface area contributed by atoms with Gasteiger partial charge >= 0.3 is 5.69 Å². The number of amides is 1. The Morgan fingerprint density at radius 3 is 3.03 bits per heavy atom. The minimum Gasteiger partial charge on any atom is -0.463 e. The lowest BCUT2D eigenvalue weighted by atomic mass is 10.1. The molecular weight excluding hydrogens is 392 g/mol. The van der Waals surface area contributed by atoms with Gasteiger partial charge in [-0.2, -0.15) is 10.1 Å². The molecule has 0 aromatic carbocycles. The van der Waals surface area contributed by atoms with E-state index in [1.54, 1.807) is 18.4 Å². The lowest BCUT2D eigenvalue weighted by Gasteiger charge is -2.26. The minimum atomic E-state index is -0.376. The Bertz CT molecular complexity index is 1290. The van der Waals surface area contributed by atoms with Crippen LogP contribution in [0, 0.1) is 0 Å². The predicted molar refractivity (Wildman–Crippen MR) is 105 cm³/mol. The average molecular weight is 410 g/mol. The molecular formula is C17H18N10O3. The highest BCUT2D eigenvalue weighted by Gasteiger charge is 2.32. The standard InChI is InChI=1S/C17H18N10O3/c1-9-22-12(11-3-2-6-30-11)13-14(26(9)18)23-16-25(17(29)24-27(13)16)5-4-19-15(28)10-7-20-21-8-10/h2-3,6-9H,4-5,18H2,1H3,(H,19,28)(H,20,21)(H,24,29). The van der Waals surface area contributed by atoms with E-state index in [1.807, 2.05) is 6.92 Å². The largest absolute Gasteiger partial charge is 0.463 e. The molecule has 1 amide bonds. The summed E-state index contributed by atoms with van der Waals surface area (Å²) >= 11 is 0. The SMILES string of the molecule is CC1N=C(c2ccco2)c2c(nc3n(CCNC(=O)c4cn[nH]c4)c(=O)[nH]n23)N1N. The van der Waals surface area contributed by atoms with E-state index < -0.39 is 0 Å². The quantitative estimate of drug-likeness (QED) is 0.320. The average Bonchev–Trinajstić information content (AvgIpc) is 3.51. The monoisotopic (exact) mass is 410 g/mol. The third-order valence-corrected chi connectivity index (χ3v) is 4.86. The van der Waals surface area contributed by atoms with E-state index >= 15 is 0 Å². The molecule has 154 valence electrons. The molecule has 5 heterocycles. The molecule has 0 saturated heterocycles. The zero-order chi connectivity index (χ0) is 20.8. The molecule has 5 N–H and O–H groups in total. The van der Waals surface area contributed by atoms with Crippen molar-refractivity contribution in [2.24, 2.45) is 10.8 Å². The van der Waals surface area contributed by atoms with Gasteiger partial charge in [0, 0.05) is 19.3 Å². The Balaban J connectivity index is 1.49. The van der Waals surface area contributed by atoms with Crippen molar-refractivity contribution in [3.05, 3.63) is 58.3 Å². The van der Waals surface area contributed by atoms with Crippen molar-refractivity contribution in [3.8, 4) is 0 Å². The van der Waals surface area contributed by atoms with Gasteiger partial charge < -0.3 is 9.73 Å². The Morgan fingerprint density at radius 1 is 1.43 bits per heavy atom. The number of carbonyl (C=O) groups excluding carboxylic acids is 1. The van der Waals surface area contributed by atoms with E-state index in [4.69, 9.17) is 10.3 Å². The van der Waals surface area contributed by atoms with Crippen LogP contribution in [0.25, 0.3) is 5.78 Å². The summed E-state index contributed by atoms with van der Waals surface area (Å²) in [6, 6.07) is 3.53. The molecule has 1 atom stereocenters. The second-order valence-electron chi connectivity index (χ2n) is 6.73.